The molecule has 0 atom stereocenters. The molecule has 4 nitrogen and oxygen atoms in total. The van der Waals surface area contributed by atoms with Gasteiger partial charge in [0.05, 0.1) is 19.3 Å². The average Bonchev–Trinajstić information content (AvgIpc) is 2.65. The van der Waals surface area contributed by atoms with Gasteiger partial charge in [0, 0.05) is 12.6 Å². The second kappa shape index (κ2) is 5.75. The fraction of sp³-hybridized carbons (Fsp3) is 0.357. The van der Waals surface area contributed by atoms with Crippen molar-refractivity contribution in [3.8, 4) is 17.0 Å². The van der Waals surface area contributed by atoms with Gasteiger partial charge in [0.15, 0.2) is 0 Å². The number of hydrogen-bond acceptors (Lipinski definition) is 3. The summed E-state index contributed by atoms with van der Waals surface area (Å²) in [6.45, 7) is 2.80. The first-order valence-corrected chi connectivity index (χ1v) is 6.88. The average molecular weight is 324 g/mol. The maximum Gasteiger partial charge on any atom is 0.132 e. The van der Waals surface area contributed by atoms with E-state index in [0.29, 0.717) is 0 Å². The van der Waals surface area contributed by atoms with Crippen molar-refractivity contribution in [2.24, 2.45) is 7.05 Å². The predicted octanol–water partition coefficient (Wildman–Crippen LogP) is 2.89. The number of aryl methyl sites for hydroxylation is 1. The van der Waals surface area contributed by atoms with Crippen LogP contribution in [0.15, 0.2) is 22.8 Å². The molecule has 2 aromatic rings. The molecule has 0 saturated carbocycles. The van der Waals surface area contributed by atoms with E-state index in [9.17, 15) is 0 Å². The molecule has 1 N–H and O–H groups in total. The molecule has 2 rings (SSSR count). The van der Waals surface area contributed by atoms with Gasteiger partial charge < -0.3 is 14.6 Å². The van der Waals surface area contributed by atoms with Crippen LogP contribution in [0, 0.1) is 6.92 Å². The van der Waals surface area contributed by atoms with Gasteiger partial charge >= 0.3 is 0 Å². The van der Waals surface area contributed by atoms with Crippen molar-refractivity contribution < 1.29 is 4.74 Å². The Labute approximate surface area is 121 Å². The van der Waals surface area contributed by atoms with E-state index >= 15 is 0 Å². The summed E-state index contributed by atoms with van der Waals surface area (Å²) in [5.41, 5.74) is 3.27. The van der Waals surface area contributed by atoms with Gasteiger partial charge in [0.2, 0.25) is 0 Å². The van der Waals surface area contributed by atoms with Gasteiger partial charge in [-0.15, -0.1) is 0 Å². The van der Waals surface area contributed by atoms with Gasteiger partial charge in [-0.05, 0) is 42.0 Å². The number of rotatable bonds is 4. The first-order chi connectivity index (χ1) is 9.08. The summed E-state index contributed by atoms with van der Waals surface area (Å²) >= 11 is 3.55. The predicted molar refractivity (Wildman–Crippen MR) is 80.4 cm³/mol. The molecule has 0 unspecified atom stereocenters. The Morgan fingerprint density at radius 1 is 1.42 bits per heavy atom. The van der Waals surface area contributed by atoms with Crippen LogP contribution in [0.2, 0.25) is 0 Å². The number of nitrogens with zero attached hydrogens (tertiary/aromatic N) is 2. The summed E-state index contributed by atoms with van der Waals surface area (Å²) in [7, 11) is 5.62. The van der Waals surface area contributed by atoms with E-state index in [1.807, 2.05) is 26.2 Å². The van der Waals surface area contributed by atoms with E-state index in [1.165, 1.54) is 5.56 Å². The fourth-order valence-corrected chi connectivity index (χ4v) is 2.81. The highest BCUT2D eigenvalue weighted by Crippen LogP contribution is 2.35. The summed E-state index contributed by atoms with van der Waals surface area (Å²) < 4.78 is 8.37. The number of aromatic nitrogens is 2. The van der Waals surface area contributed by atoms with Crippen molar-refractivity contribution in [3.05, 3.63) is 34.2 Å². The second-order valence-electron chi connectivity index (χ2n) is 4.46. The summed E-state index contributed by atoms with van der Waals surface area (Å²) in [4.78, 5) is 4.54. The Kier molecular flexibility index (Phi) is 4.27. The van der Waals surface area contributed by atoms with Gasteiger partial charge in [-0.25, -0.2) is 4.98 Å². The summed E-state index contributed by atoms with van der Waals surface area (Å²) in [6.07, 6.45) is 0. The molecule has 1 aromatic carbocycles. The highest BCUT2D eigenvalue weighted by molar-refractivity contribution is 9.10. The highest BCUT2D eigenvalue weighted by Gasteiger charge is 2.17. The van der Waals surface area contributed by atoms with Crippen LogP contribution in [0.5, 0.6) is 5.75 Å². The molecule has 0 spiro atoms. The third kappa shape index (κ3) is 2.67. The summed E-state index contributed by atoms with van der Waals surface area (Å²) in [6, 6.07) is 6.15. The lowest BCUT2D eigenvalue weighted by atomic mass is 10.1. The molecule has 0 amide bonds. The molecule has 0 aliphatic heterocycles. The molecule has 0 aliphatic rings. The zero-order chi connectivity index (χ0) is 14.0. The number of benzene rings is 1. The van der Waals surface area contributed by atoms with Crippen molar-refractivity contribution in [1.82, 2.24) is 14.9 Å². The lowest BCUT2D eigenvalue weighted by molar-refractivity contribution is 0.416. The molecular formula is C14H18BrN3O. The Balaban J connectivity index is 2.61. The molecule has 102 valence electrons. The van der Waals surface area contributed by atoms with Gasteiger partial charge in [-0.2, -0.15) is 0 Å². The minimum absolute atomic E-state index is 0.725. The standard InChI is InChI=1S/C14H18BrN3O/c1-9-5-6-11(19-4)10(7-9)13-14(15)17-12(8-16-2)18(13)3/h5-7,16H,8H2,1-4H3. The number of imidazole rings is 1. The third-order valence-corrected chi connectivity index (χ3v) is 3.64. The van der Waals surface area contributed by atoms with Crippen LogP contribution in [0.3, 0.4) is 0 Å². The minimum atomic E-state index is 0.725. The van der Waals surface area contributed by atoms with Crippen molar-refractivity contribution in [2.75, 3.05) is 14.2 Å². The number of ether oxygens (including phenoxy) is 1. The Hall–Kier alpha value is -1.33. The molecule has 0 aliphatic carbocycles. The highest BCUT2D eigenvalue weighted by atomic mass is 79.9. The Bertz CT molecular complexity index is 593. The second-order valence-corrected chi connectivity index (χ2v) is 5.21. The normalized spacial score (nSPS) is 10.8. The molecule has 1 aromatic heterocycles. The van der Waals surface area contributed by atoms with E-state index < -0.39 is 0 Å². The molecule has 5 heteroatoms. The third-order valence-electron chi connectivity index (χ3n) is 3.09. The van der Waals surface area contributed by atoms with E-state index in [0.717, 1.165) is 34.0 Å². The van der Waals surface area contributed by atoms with Gasteiger partial charge in [-0.3, -0.25) is 0 Å². The lowest BCUT2D eigenvalue weighted by Crippen LogP contribution is -2.10. The largest absolute Gasteiger partial charge is 0.496 e. The van der Waals surface area contributed by atoms with E-state index in [2.05, 4.69) is 43.8 Å². The van der Waals surface area contributed by atoms with Crippen LogP contribution < -0.4 is 10.1 Å². The fourth-order valence-electron chi connectivity index (χ4n) is 2.12. The lowest BCUT2D eigenvalue weighted by Gasteiger charge is -2.11. The first kappa shape index (κ1) is 14.1. The molecule has 0 bridgehead atoms. The molecule has 0 saturated heterocycles. The van der Waals surface area contributed by atoms with Crippen molar-refractivity contribution >= 4 is 15.9 Å². The zero-order valence-electron chi connectivity index (χ0n) is 11.6. The SMILES string of the molecule is CNCc1nc(Br)c(-c2cc(C)ccc2OC)n1C. The van der Waals surface area contributed by atoms with E-state index in [-0.39, 0.29) is 0 Å². The zero-order valence-corrected chi connectivity index (χ0v) is 13.2. The maximum absolute atomic E-state index is 5.46. The van der Waals surface area contributed by atoms with Crippen molar-refractivity contribution in [1.29, 1.82) is 0 Å². The minimum Gasteiger partial charge on any atom is -0.496 e. The van der Waals surface area contributed by atoms with Crippen LogP contribution >= 0.6 is 15.9 Å². The number of hydrogen-bond donors (Lipinski definition) is 1. The summed E-state index contributed by atoms with van der Waals surface area (Å²) in [5.74, 6) is 1.83. The maximum atomic E-state index is 5.46. The first-order valence-electron chi connectivity index (χ1n) is 6.09. The van der Waals surface area contributed by atoms with Crippen molar-refractivity contribution in [2.45, 2.75) is 13.5 Å². The smallest absolute Gasteiger partial charge is 0.132 e. The quantitative estimate of drug-likeness (QED) is 0.940. The number of methoxy groups -OCH3 is 1. The van der Waals surface area contributed by atoms with Gasteiger partial charge in [0.1, 0.15) is 16.2 Å². The molecule has 1 heterocycles. The Morgan fingerprint density at radius 2 is 2.16 bits per heavy atom. The topological polar surface area (TPSA) is 39.1 Å². The van der Waals surface area contributed by atoms with Gasteiger partial charge in [-0.1, -0.05) is 11.6 Å². The molecule has 0 fully saturated rings. The van der Waals surface area contributed by atoms with E-state index in [4.69, 9.17) is 4.74 Å². The number of halogens is 1. The van der Waals surface area contributed by atoms with Crippen LogP contribution in [0.1, 0.15) is 11.4 Å². The Morgan fingerprint density at radius 3 is 2.79 bits per heavy atom. The molecule has 0 radical (unpaired) electrons. The van der Waals surface area contributed by atoms with Crippen LogP contribution in [0.25, 0.3) is 11.3 Å². The molecular weight excluding hydrogens is 306 g/mol. The molecule has 19 heavy (non-hydrogen) atoms. The van der Waals surface area contributed by atoms with Crippen LogP contribution in [0.4, 0.5) is 0 Å². The number of nitrogens with one attached hydrogen (secondary N) is 1. The van der Waals surface area contributed by atoms with Crippen LogP contribution in [-0.2, 0) is 13.6 Å². The van der Waals surface area contributed by atoms with Gasteiger partial charge in [0.25, 0.3) is 0 Å². The van der Waals surface area contributed by atoms with E-state index in [1.54, 1.807) is 7.11 Å². The monoisotopic (exact) mass is 323 g/mol. The van der Waals surface area contributed by atoms with Crippen molar-refractivity contribution in [3.63, 3.8) is 0 Å². The van der Waals surface area contributed by atoms with Crippen LogP contribution in [-0.4, -0.2) is 23.7 Å². The summed E-state index contributed by atoms with van der Waals surface area (Å²) in [5, 5.41) is 3.12.